The Labute approximate surface area is 135 Å². The highest BCUT2D eigenvalue weighted by molar-refractivity contribution is 5.69. The Kier molecular flexibility index (Phi) is 5.02. The van der Waals surface area contributed by atoms with Crippen LogP contribution in [0.25, 0.3) is 0 Å². The van der Waals surface area contributed by atoms with E-state index in [-0.39, 0.29) is 12.1 Å². The molecule has 0 radical (unpaired) electrons. The lowest BCUT2D eigenvalue weighted by molar-refractivity contribution is -0.155. The summed E-state index contributed by atoms with van der Waals surface area (Å²) < 4.78 is 6.51. The summed E-state index contributed by atoms with van der Waals surface area (Å²) in [6, 6.07) is 12.7. The summed E-state index contributed by atoms with van der Waals surface area (Å²) in [5.41, 5.74) is 0.641. The van der Waals surface area contributed by atoms with Gasteiger partial charge in [0.15, 0.2) is 0 Å². The van der Waals surface area contributed by atoms with Gasteiger partial charge in [0, 0.05) is 23.4 Å². The standard InChI is InChI=1S/C19H19NO3/c1-19(2,3)23-18(22)14-20-12-11-16(13-17(20)21)10-9-15-7-5-4-6-8-15/h4-8,11-13H,14H2,1-3H3. The molecule has 0 aliphatic rings. The van der Waals surface area contributed by atoms with Crippen LogP contribution in [-0.4, -0.2) is 16.1 Å². The molecule has 2 aromatic rings. The summed E-state index contributed by atoms with van der Waals surface area (Å²) in [5.74, 6) is 5.49. The van der Waals surface area contributed by atoms with Gasteiger partial charge in [0.2, 0.25) is 0 Å². The Morgan fingerprint density at radius 1 is 1.09 bits per heavy atom. The van der Waals surface area contributed by atoms with Gasteiger partial charge in [-0.1, -0.05) is 30.0 Å². The molecule has 23 heavy (non-hydrogen) atoms. The van der Waals surface area contributed by atoms with Gasteiger partial charge >= 0.3 is 5.97 Å². The third kappa shape index (κ3) is 5.48. The number of rotatable bonds is 2. The van der Waals surface area contributed by atoms with Crippen LogP contribution in [0.15, 0.2) is 53.5 Å². The van der Waals surface area contributed by atoms with Crippen LogP contribution in [0.1, 0.15) is 31.9 Å². The van der Waals surface area contributed by atoms with E-state index >= 15 is 0 Å². The van der Waals surface area contributed by atoms with Crippen LogP contribution in [0.3, 0.4) is 0 Å². The Bertz CT molecular complexity index is 802. The fourth-order valence-electron chi connectivity index (χ4n) is 1.89. The molecule has 0 fully saturated rings. The minimum atomic E-state index is -0.568. The molecular formula is C19H19NO3. The van der Waals surface area contributed by atoms with E-state index in [1.54, 1.807) is 33.0 Å². The number of benzene rings is 1. The molecule has 1 aromatic carbocycles. The number of ether oxygens (including phenoxy) is 1. The van der Waals surface area contributed by atoms with Crippen molar-refractivity contribution >= 4 is 5.97 Å². The zero-order chi connectivity index (χ0) is 16.9. The molecule has 0 bridgehead atoms. The van der Waals surface area contributed by atoms with Crippen LogP contribution >= 0.6 is 0 Å². The first-order valence-electron chi connectivity index (χ1n) is 7.33. The smallest absolute Gasteiger partial charge is 0.326 e. The van der Waals surface area contributed by atoms with Crippen molar-refractivity contribution < 1.29 is 9.53 Å². The largest absolute Gasteiger partial charge is 0.459 e. The van der Waals surface area contributed by atoms with E-state index in [0.717, 1.165) is 5.56 Å². The van der Waals surface area contributed by atoms with Crippen molar-refractivity contribution in [2.75, 3.05) is 0 Å². The monoisotopic (exact) mass is 309 g/mol. The highest BCUT2D eigenvalue weighted by Gasteiger charge is 2.16. The van der Waals surface area contributed by atoms with Crippen molar-refractivity contribution in [3.05, 3.63) is 70.1 Å². The molecular weight excluding hydrogens is 290 g/mol. The van der Waals surface area contributed by atoms with Crippen molar-refractivity contribution in [1.82, 2.24) is 4.57 Å². The normalized spacial score (nSPS) is 10.6. The predicted molar refractivity (Wildman–Crippen MR) is 89.0 cm³/mol. The maximum absolute atomic E-state index is 12.0. The number of carbonyl (C=O) groups is 1. The Balaban J connectivity index is 2.11. The number of esters is 1. The van der Waals surface area contributed by atoms with Crippen LogP contribution < -0.4 is 5.56 Å². The van der Waals surface area contributed by atoms with E-state index in [0.29, 0.717) is 5.56 Å². The molecule has 0 N–H and O–H groups in total. The summed E-state index contributed by atoms with van der Waals surface area (Å²) in [4.78, 5) is 23.8. The first kappa shape index (κ1) is 16.6. The fraction of sp³-hybridized carbons (Fsp3) is 0.263. The maximum atomic E-state index is 12.0. The van der Waals surface area contributed by atoms with Gasteiger partial charge in [-0.15, -0.1) is 0 Å². The van der Waals surface area contributed by atoms with E-state index in [4.69, 9.17) is 4.74 Å². The van der Waals surface area contributed by atoms with Crippen LogP contribution in [0, 0.1) is 11.8 Å². The van der Waals surface area contributed by atoms with Crippen molar-refractivity contribution in [2.24, 2.45) is 0 Å². The van der Waals surface area contributed by atoms with E-state index < -0.39 is 11.6 Å². The third-order valence-corrected chi connectivity index (χ3v) is 2.84. The second kappa shape index (κ2) is 6.97. The molecule has 0 amide bonds. The van der Waals surface area contributed by atoms with Gasteiger partial charge in [-0.05, 0) is 39.0 Å². The highest BCUT2D eigenvalue weighted by Crippen LogP contribution is 2.07. The summed E-state index contributed by atoms with van der Waals surface area (Å²) in [5, 5.41) is 0. The molecule has 1 heterocycles. The Morgan fingerprint density at radius 2 is 1.74 bits per heavy atom. The molecule has 0 saturated carbocycles. The fourth-order valence-corrected chi connectivity index (χ4v) is 1.89. The average Bonchev–Trinajstić information content (AvgIpc) is 2.47. The second-order valence-electron chi connectivity index (χ2n) is 6.08. The Hall–Kier alpha value is -2.80. The Morgan fingerprint density at radius 3 is 2.35 bits per heavy atom. The second-order valence-corrected chi connectivity index (χ2v) is 6.08. The van der Waals surface area contributed by atoms with Crippen molar-refractivity contribution in [3.63, 3.8) is 0 Å². The van der Waals surface area contributed by atoms with Crippen molar-refractivity contribution in [1.29, 1.82) is 0 Å². The topological polar surface area (TPSA) is 48.3 Å². The maximum Gasteiger partial charge on any atom is 0.326 e. The van der Waals surface area contributed by atoms with Crippen molar-refractivity contribution in [3.8, 4) is 11.8 Å². The number of aromatic nitrogens is 1. The van der Waals surface area contributed by atoms with Gasteiger partial charge in [-0.2, -0.15) is 0 Å². The first-order chi connectivity index (χ1) is 10.8. The molecule has 0 aliphatic heterocycles. The van der Waals surface area contributed by atoms with Gasteiger partial charge in [0.25, 0.3) is 5.56 Å². The van der Waals surface area contributed by atoms with Gasteiger partial charge < -0.3 is 9.30 Å². The van der Waals surface area contributed by atoms with Gasteiger partial charge in [-0.25, -0.2) is 0 Å². The summed E-state index contributed by atoms with van der Waals surface area (Å²) in [7, 11) is 0. The van der Waals surface area contributed by atoms with Crippen LogP contribution in [0.5, 0.6) is 0 Å². The quantitative estimate of drug-likeness (QED) is 0.633. The number of carbonyl (C=O) groups excluding carboxylic acids is 1. The summed E-state index contributed by atoms with van der Waals surface area (Å²) >= 11 is 0. The van der Waals surface area contributed by atoms with E-state index in [1.807, 2.05) is 30.3 Å². The van der Waals surface area contributed by atoms with E-state index in [9.17, 15) is 9.59 Å². The lowest BCUT2D eigenvalue weighted by atomic mass is 10.2. The van der Waals surface area contributed by atoms with Crippen molar-refractivity contribution in [2.45, 2.75) is 32.9 Å². The minimum absolute atomic E-state index is 0.109. The molecule has 0 saturated heterocycles. The summed E-state index contributed by atoms with van der Waals surface area (Å²) in [6.45, 7) is 5.25. The van der Waals surface area contributed by atoms with Crippen LogP contribution in [-0.2, 0) is 16.1 Å². The molecule has 0 unspecified atom stereocenters. The third-order valence-electron chi connectivity index (χ3n) is 2.84. The van der Waals surface area contributed by atoms with Crippen LogP contribution in [0.4, 0.5) is 0 Å². The van der Waals surface area contributed by atoms with Gasteiger partial charge in [-0.3, -0.25) is 9.59 Å². The highest BCUT2D eigenvalue weighted by atomic mass is 16.6. The molecule has 4 heteroatoms. The SMILES string of the molecule is CC(C)(C)OC(=O)Cn1ccc(C#Cc2ccccc2)cc1=O. The molecule has 118 valence electrons. The minimum Gasteiger partial charge on any atom is -0.459 e. The molecule has 4 nitrogen and oxygen atoms in total. The van der Waals surface area contributed by atoms with Crippen LogP contribution in [0.2, 0.25) is 0 Å². The number of hydrogen-bond donors (Lipinski definition) is 0. The zero-order valence-corrected chi connectivity index (χ0v) is 13.5. The summed E-state index contributed by atoms with van der Waals surface area (Å²) in [6.07, 6.45) is 1.56. The number of pyridine rings is 1. The molecule has 2 rings (SSSR count). The van der Waals surface area contributed by atoms with E-state index in [1.165, 1.54) is 10.6 Å². The predicted octanol–water partition coefficient (Wildman–Crippen LogP) is 2.59. The lowest BCUT2D eigenvalue weighted by Crippen LogP contribution is -2.30. The molecule has 0 spiro atoms. The van der Waals surface area contributed by atoms with E-state index in [2.05, 4.69) is 11.8 Å². The molecule has 0 atom stereocenters. The number of hydrogen-bond acceptors (Lipinski definition) is 3. The molecule has 0 aliphatic carbocycles. The average molecular weight is 309 g/mol. The number of nitrogens with zero attached hydrogens (tertiary/aromatic N) is 1. The lowest BCUT2D eigenvalue weighted by Gasteiger charge is -2.19. The zero-order valence-electron chi connectivity index (χ0n) is 13.5. The molecule has 1 aromatic heterocycles. The van der Waals surface area contributed by atoms with Gasteiger partial charge in [0.05, 0.1) is 0 Å². The first-order valence-corrected chi connectivity index (χ1v) is 7.33. The van der Waals surface area contributed by atoms with Gasteiger partial charge in [0.1, 0.15) is 12.1 Å².